The maximum atomic E-state index is 13.9. The molecule has 0 aliphatic rings. The molecule has 5 heteroatoms. The van der Waals surface area contributed by atoms with Crippen LogP contribution in [0.5, 0.6) is 0 Å². The number of nitrogens with zero attached hydrogens (tertiary/aromatic N) is 2. The lowest BCUT2D eigenvalue weighted by atomic mass is 10.2. The van der Waals surface area contributed by atoms with Crippen molar-refractivity contribution in [2.24, 2.45) is 0 Å². The summed E-state index contributed by atoms with van der Waals surface area (Å²) in [5.74, 6) is -0.987. The highest BCUT2D eigenvalue weighted by molar-refractivity contribution is 7.71. The standard InChI is InChI=1S/C16H13FN2OS/c1-2-18-13-9-5-6-10-14(13)19(16(18)21)15(20)11-7-3-4-8-12(11)17/h3-10H,2H2,1H3. The quantitative estimate of drug-likeness (QED) is 0.668. The Morgan fingerprint density at radius 3 is 2.38 bits per heavy atom. The van der Waals surface area contributed by atoms with Crippen LogP contribution in [0.15, 0.2) is 48.5 Å². The molecular weight excluding hydrogens is 287 g/mol. The van der Waals surface area contributed by atoms with Crippen molar-refractivity contribution in [3.05, 3.63) is 64.7 Å². The number of carbonyl (C=O) groups excluding carboxylic acids is 1. The van der Waals surface area contributed by atoms with E-state index in [-0.39, 0.29) is 5.56 Å². The second-order valence-electron chi connectivity index (χ2n) is 4.64. The summed E-state index contributed by atoms with van der Waals surface area (Å²) < 4.78 is 17.5. The molecule has 0 aliphatic heterocycles. The van der Waals surface area contributed by atoms with Crippen molar-refractivity contribution >= 4 is 29.2 Å². The Morgan fingerprint density at radius 1 is 1.10 bits per heavy atom. The molecule has 0 fully saturated rings. The Labute approximate surface area is 126 Å². The molecule has 3 rings (SSSR count). The third-order valence-electron chi connectivity index (χ3n) is 3.46. The predicted molar refractivity (Wildman–Crippen MR) is 82.6 cm³/mol. The molecule has 1 heterocycles. The number of aromatic nitrogens is 2. The first-order chi connectivity index (χ1) is 10.1. The summed E-state index contributed by atoms with van der Waals surface area (Å²) in [4.78, 5) is 12.7. The summed E-state index contributed by atoms with van der Waals surface area (Å²) in [5, 5.41) is 0. The van der Waals surface area contributed by atoms with E-state index in [9.17, 15) is 9.18 Å². The van der Waals surface area contributed by atoms with Crippen molar-refractivity contribution in [3.8, 4) is 0 Å². The third kappa shape index (κ3) is 2.10. The number of halogens is 1. The van der Waals surface area contributed by atoms with Gasteiger partial charge in [-0.05, 0) is 43.4 Å². The summed E-state index contributed by atoms with van der Waals surface area (Å²) in [6.07, 6.45) is 0. The Bertz CT molecular complexity index is 895. The zero-order valence-electron chi connectivity index (χ0n) is 11.4. The molecule has 2 aromatic carbocycles. The molecule has 0 amide bonds. The van der Waals surface area contributed by atoms with E-state index in [0.29, 0.717) is 16.8 Å². The summed E-state index contributed by atoms with van der Waals surface area (Å²) in [5.41, 5.74) is 1.58. The van der Waals surface area contributed by atoms with Crippen molar-refractivity contribution in [3.63, 3.8) is 0 Å². The SMILES string of the molecule is CCn1c(=S)n(C(=O)c2ccccc2F)c2ccccc21. The molecule has 0 atom stereocenters. The van der Waals surface area contributed by atoms with Gasteiger partial charge in [0, 0.05) is 6.54 Å². The van der Waals surface area contributed by atoms with Crippen molar-refractivity contribution in [2.45, 2.75) is 13.5 Å². The van der Waals surface area contributed by atoms with Gasteiger partial charge in [-0.1, -0.05) is 24.3 Å². The molecule has 1 aromatic heterocycles. The summed E-state index contributed by atoms with van der Waals surface area (Å²) in [6.45, 7) is 2.61. The molecule has 0 bridgehead atoms. The maximum absolute atomic E-state index is 13.9. The largest absolute Gasteiger partial charge is 0.317 e. The van der Waals surface area contributed by atoms with Gasteiger partial charge in [-0.15, -0.1) is 0 Å². The van der Waals surface area contributed by atoms with E-state index in [1.165, 1.54) is 16.7 Å². The first-order valence-corrected chi connectivity index (χ1v) is 7.05. The Hall–Kier alpha value is -2.27. The van der Waals surface area contributed by atoms with Crippen LogP contribution in [-0.2, 0) is 6.54 Å². The number of hydrogen-bond acceptors (Lipinski definition) is 2. The zero-order valence-corrected chi connectivity index (χ0v) is 12.2. The minimum absolute atomic E-state index is 0.0209. The third-order valence-corrected chi connectivity index (χ3v) is 3.86. The summed E-state index contributed by atoms with van der Waals surface area (Å²) in [7, 11) is 0. The van der Waals surface area contributed by atoms with Gasteiger partial charge in [0.1, 0.15) is 5.82 Å². The number of benzene rings is 2. The monoisotopic (exact) mass is 300 g/mol. The first-order valence-electron chi connectivity index (χ1n) is 6.64. The van der Waals surface area contributed by atoms with Gasteiger partial charge in [0.05, 0.1) is 16.6 Å². The number of hydrogen-bond donors (Lipinski definition) is 0. The zero-order chi connectivity index (χ0) is 15.0. The van der Waals surface area contributed by atoms with Crippen LogP contribution in [0.3, 0.4) is 0 Å². The fourth-order valence-corrected chi connectivity index (χ4v) is 2.87. The fourth-order valence-electron chi connectivity index (χ4n) is 2.47. The average molecular weight is 300 g/mol. The van der Waals surface area contributed by atoms with E-state index in [1.807, 2.05) is 35.8 Å². The van der Waals surface area contributed by atoms with E-state index >= 15 is 0 Å². The van der Waals surface area contributed by atoms with Crippen LogP contribution < -0.4 is 0 Å². The molecule has 0 aliphatic carbocycles. The topological polar surface area (TPSA) is 26.9 Å². The van der Waals surface area contributed by atoms with Crippen LogP contribution in [0.4, 0.5) is 4.39 Å². The maximum Gasteiger partial charge on any atom is 0.267 e. The lowest BCUT2D eigenvalue weighted by Crippen LogP contribution is -2.14. The Balaban J connectivity index is 2.31. The Morgan fingerprint density at radius 2 is 1.71 bits per heavy atom. The van der Waals surface area contributed by atoms with E-state index in [2.05, 4.69) is 0 Å². The molecule has 0 spiro atoms. The van der Waals surface area contributed by atoms with Crippen LogP contribution in [0, 0.1) is 10.6 Å². The summed E-state index contributed by atoms with van der Waals surface area (Å²) >= 11 is 5.39. The molecule has 3 aromatic rings. The highest BCUT2D eigenvalue weighted by atomic mass is 32.1. The van der Waals surface area contributed by atoms with Crippen LogP contribution in [0.2, 0.25) is 0 Å². The minimum atomic E-state index is -0.544. The molecule has 0 N–H and O–H groups in total. The van der Waals surface area contributed by atoms with Gasteiger partial charge in [0.2, 0.25) is 0 Å². The Kier molecular flexibility index (Phi) is 3.43. The van der Waals surface area contributed by atoms with Crippen LogP contribution in [0.25, 0.3) is 11.0 Å². The van der Waals surface area contributed by atoms with Crippen LogP contribution in [-0.4, -0.2) is 15.0 Å². The van der Waals surface area contributed by atoms with Crippen molar-refractivity contribution in [1.29, 1.82) is 0 Å². The smallest absolute Gasteiger partial charge is 0.267 e. The molecule has 0 saturated heterocycles. The van der Waals surface area contributed by atoms with Gasteiger partial charge in [0.15, 0.2) is 4.77 Å². The van der Waals surface area contributed by atoms with Crippen LogP contribution >= 0.6 is 12.2 Å². The van der Waals surface area contributed by atoms with E-state index < -0.39 is 11.7 Å². The summed E-state index contributed by atoms with van der Waals surface area (Å²) in [6, 6.07) is 13.4. The normalized spacial score (nSPS) is 11.0. The predicted octanol–water partition coefficient (Wildman–Crippen LogP) is 4.02. The lowest BCUT2D eigenvalue weighted by molar-refractivity contribution is 0.0958. The molecule has 0 radical (unpaired) electrons. The van der Waals surface area contributed by atoms with Crippen molar-refractivity contribution in [2.75, 3.05) is 0 Å². The highest BCUT2D eigenvalue weighted by Crippen LogP contribution is 2.20. The van der Waals surface area contributed by atoms with E-state index in [4.69, 9.17) is 12.2 Å². The highest BCUT2D eigenvalue weighted by Gasteiger charge is 2.19. The second kappa shape index (κ2) is 5.26. The number of imidazole rings is 1. The van der Waals surface area contributed by atoms with Crippen molar-refractivity contribution in [1.82, 2.24) is 9.13 Å². The number of aryl methyl sites for hydroxylation is 1. The van der Waals surface area contributed by atoms with Gasteiger partial charge in [-0.25, -0.2) is 4.39 Å². The molecular formula is C16H13FN2OS. The van der Waals surface area contributed by atoms with Gasteiger partial charge >= 0.3 is 0 Å². The minimum Gasteiger partial charge on any atom is -0.317 e. The lowest BCUT2D eigenvalue weighted by Gasteiger charge is -2.04. The molecule has 3 nitrogen and oxygen atoms in total. The van der Waals surface area contributed by atoms with Crippen LogP contribution in [0.1, 0.15) is 17.3 Å². The van der Waals surface area contributed by atoms with E-state index in [1.54, 1.807) is 12.1 Å². The molecule has 21 heavy (non-hydrogen) atoms. The second-order valence-corrected chi connectivity index (χ2v) is 5.00. The van der Waals surface area contributed by atoms with Gasteiger partial charge in [-0.3, -0.25) is 9.36 Å². The van der Waals surface area contributed by atoms with E-state index in [0.717, 1.165) is 5.52 Å². The molecule has 0 saturated carbocycles. The van der Waals surface area contributed by atoms with Crippen molar-refractivity contribution < 1.29 is 9.18 Å². The average Bonchev–Trinajstić information content (AvgIpc) is 2.78. The number of fused-ring (bicyclic) bond motifs is 1. The fraction of sp³-hybridized carbons (Fsp3) is 0.125. The van der Waals surface area contributed by atoms with Gasteiger partial charge in [-0.2, -0.15) is 0 Å². The van der Waals surface area contributed by atoms with Gasteiger partial charge < -0.3 is 4.57 Å². The number of carbonyl (C=O) groups is 1. The number of para-hydroxylation sites is 2. The number of rotatable bonds is 2. The van der Waals surface area contributed by atoms with Gasteiger partial charge in [0.25, 0.3) is 5.91 Å². The molecule has 106 valence electrons. The first kappa shape index (κ1) is 13.7. The molecule has 0 unspecified atom stereocenters.